The van der Waals surface area contributed by atoms with Crippen LogP contribution in [0, 0.1) is 5.82 Å². The van der Waals surface area contributed by atoms with E-state index < -0.39 is 38.9 Å². The fourth-order valence-electron chi connectivity index (χ4n) is 1.78. The lowest BCUT2D eigenvalue weighted by Gasteiger charge is -2.08. The Morgan fingerprint density at radius 2 is 2.08 bits per heavy atom. The zero-order valence-corrected chi connectivity index (χ0v) is 14.1. The molecule has 130 valence electrons. The van der Waals surface area contributed by atoms with Gasteiger partial charge < -0.3 is 9.88 Å². The molecular formula is C12H10ClF2N3O4S2. The molecule has 0 bridgehead atoms. The zero-order chi connectivity index (χ0) is 18.1. The number of hydrogen-bond donors (Lipinski definition) is 2. The zero-order valence-electron chi connectivity index (χ0n) is 11.8. The molecule has 7 nitrogen and oxygen atoms in total. The number of nitrogens with one attached hydrogen (secondary N) is 1. The predicted molar refractivity (Wildman–Crippen MR) is 85.3 cm³/mol. The van der Waals surface area contributed by atoms with E-state index >= 15 is 0 Å². The molecule has 2 aromatic heterocycles. The number of thiophene rings is 1. The molecule has 0 aliphatic heterocycles. The van der Waals surface area contributed by atoms with Crippen molar-refractivity contribution in [3.63, 3.8) is 0 Å². The number of aromatic nitrogens is 1. The molecular weight excluding hydrogens is 388 g/mol. The Morgan fingerprint density at radius 3 is 2.62 bits per heavy atom. The number of nitrogens with zero attached hydrogens (tertiary/aromatic N) is 1. The van der Waals surface area contributed by atoms with E-state index in [1.807, 2.05) is 0 Å². The highest BCUT2D eigenvalue weighted by Gasteiger charge is 2.21. The summed E-state index contributed by atoms with van der Waals surface area (Å²) in [6, 6.07) is 1.75. The van der Waals surface area contributed by atoms with Crippen LogP contribution >= 0.6 is 22.9 Å². The first kappa shape index (κ1) is 18.5. The minimum absolute atomic E-state index is 0.0901. The molecule has 0 unspecified atom stereocenters. The average molecular weight is 398 g/mol. The van der Waals surface area contributed by atoms with Crippen LogP contribution in [0.15, 0.2) is 28.0 Å². The second-order valence-corrected chi connectivity index (χ2v) is 7.70. The maximum atomic E-state index is 13.5. The maximum absolute atomic E-state index is 13.5. The number of hydrogen-bond acceptors (Lipinski definition) is 5. The molecule has 2 heterocycles. The molecule has 0 aliphatic carbocycles. The van der Waals surface area contributed by atoms with Crippen molar-refractivity contribution < 1.29 is 22.0 Å². The molecule has 12 heteroatoms. The number of aryl methyl sites for hydroxylation is 1. The van der Waals surface area contributed by atoms with E-state index in [0.717, 1.165) is 22.9 Å². The molecule has 2 aromatic rings. The van der Waals surface area contributed by atoms with Gasteiger partial charge in [0.1, 0.15) is 15.9 Å². The summed E-state index contributed by atoms with van der Waals surface area (Å²) in [7, 11) is -4.09. The van der Waals surface area contributed by atoms with Gasteiger partial charge in [-0.2, -0.15) is 0 Å². The summed E-state index contributed by atoms with van der Waals surface area (Å²) in [5.74, 6) is -1.96. The standard InChI is InChI=1S/C12H10ClF2N3O4S2/c13-10-9(24(16,21)22)4-8(23-10)11(19)17-6-3-7(15)12(20)18(5-6)2-1-14/h3-5H,1-2H2,(H,17,19)(H2,16,21,22). The Labute approximate surface area is 143 Å². The quantitative estimate of drug-likeness (QED) is 0.797. The Balaban J connectivity index is 2.32. The van der Waals surface area contributed by atoms with Crippen LogP contribution in [0.2, 0.25) is 4.34 Å². The molecule has 0 spiro atoms. The van der Waals surface area contributed by atoms with Gasteiger partial charge in [-0.25, -0.2) is 22.3 Å². The minimum Gasteiger partial charge on any atom is -0.320 e. The molecule has 0 saturated carbocycles. The van der Waals surface area contributed by atoms with E-state index in [0.29, 0.717) is 11.3 Å². The van der Waals surface area contributed by atoms with Gasteiger partial charge in [0.15, 0.2) is 5.82 Å². The molecule has 2 rings (SSSR count). The summed E-state index contributed by atoms with van der Waals surface area (Å²) >= 11 is 6.38. The van der Waals surface area contributed by atoms with E-state index in [2.05, 4.69) is 5.32 Å². The number of halogens is 3. The molecule has 3 N–H and O–H groups in total. The van der Waals surface area contributed by atoms with Crippen LogP contribution < -0.4 is 16.0 Å². The van der Waals surface area contributed by atoms with Gasteiger partial charge in [0.05, 0.1) is 17.1 Å². The van der Waals surface area contributed by atoms with Crippen molar-refractivity contribution in [2.75, 3.05) is 12.0 Å². The first-order valence-corrected chi connectivity index (χ1v) is 8.97. The molecule has 0 aliphatic rings. The van der Waals surface area contributed by atoms with Gasteiger partial charge in [0, 0.05) is 12.3 Å². The Hall–Kier alpha value is -1.82. The Morgan fingerprint density at radius 1 is 1.42 bits per heavy atom. The van der Waals surface area contributed by atoms with Gasteiger partial charge in [-0.15, -0.1) is 11.3 Å². The summed E-state index contributed by atoms with van der Waals surface area (Å²) in [5, 5.41) is 7.23. The number of alkyl halides is 1. The van der Waals surface area contributed by atoms with Crippen molar-refractivity contribution in [1.29, 1.82) is 0 Å². The Bertz CT molecular complexity index is 956. The lowest BCUT2D eigenvalue weighted by Crippen LogP contribution is -2.24. The summed E-state index contributed by atoms with van der Waals surface area (Å²) in [5.41, 5.74) is -1.13. The summed E-state index contributed by atoms with van der Waals surface area (Å²) in [4.78, 5) is 23.0. The van der Waals surface area contributed by atoms with Gasteiger partial charge in [-0.05, 0) is 6.07 Å². The fourth-order valence-corrected chi connectivity index (χ4v) is 4.13. The number of pyridine rings is 1. The van der Waals surface area contributed by atoms with Gasteiger partial charge in [0.25, 0.3) is 11.5 Å². The van der Waals surface area contributed by atoms with Crippen LogP contribution in [0.3, 0.4) is 0 Å². The third-order valence-electron chi connectivity index (χ3n) is 2.81. The van der Waals surface area contributed by atoms with Crippen molar-refractivity contribution in [3.8, 4) is 0 Å². The summed E-state index contributed by atoms with van der Waals surface area (Å²) in [6.07, 6.45) is 1.07. The third kappa shape index (κ3) is 3.98. The van der Waals surface area contributed by atoms with Crippen molar-refractivity contribution in [1.82, 2.24) is 4.57 Å². The number of primary sulfonamides is 1. The van der Waals surface area contributed by atoms with Gasteiger partial charge in [-0.1, -0.05) is 11.6 Å². The molecule has 0 radical (unpaired) electrons. The van der Waals surface area contributed by atoms with Crippen LogP contribution in [0.1, 0.15) is 9.67 Å². The molecule has 0 aromatic carbocycles. The van der Waals surface area contributed by atoms with Gasteiger partial charge in [-0.3, -0.25) is 9.59 Å². The van der Waals surface area contributed by atoms with E-state index in [1.165, 1.54) is 0 Å². The average Bonchev–Trinajstić information content (AvgIpc) is 2.86. The number of anilines is 1. The molecule has 0 saturated heterocycles. The monoisotopic (exact) mass is 397 g/mol. The highest BCUT2D eigenvalue weighted by Crippen LogP contribution is 2.30. The number of carbonyl (C=O) groups excluding carboxylic acids is 1. The number of carbonyl (C=O) groups is 1. The second kappa shape index (κ2) is 6.97. The van der Waals surface area contributed by atoms with Crippen molar-refractivity contribution in [2.24, 2.45) is 5.14 Å². The summed E-state index contributed by atoms with van der Waals surface area (Å²) in [6.45, 7) is -1.27. The van der Waals surface area contributed by atoms with Crippen LogP contribution in [0.4, 0.5) is 14.5 Å². The van der Waals surface area contributed by atoms with Crippen molar-refractivity contribution >= 4 is 44.6 Å². The lowest BCUT2D eigenvalue weighted by molar-refractivity contribution is 0.103. The topological polar surface area (TPSA) is 111 Å². The smallest absolute Gasteiger partial charge is 0.286 e. The van der Waals surface area contributed by atoms with Crippen molar-refractivity contribution in [3.05, 3.63) is 43.7 Å². The number of rotatable bonds is 5. The Kier molecular flexibility index (Phi) is 5.38. The largest absolute Gasteiger partial charge is 0.320 e. The van der Waals surface area contributed by atoms with E-state index in [4.69, 9.17) is 16.7 Å². The van der Waals surface area contributed by atoms with E-state index in [-0.39, 0.29) is 21.4 Å². The number of nitrogens with two attached hydrogens (primary N) is 1. The normalized spacial score (nSPS) is 11.5. The highest BCUT2D eigenvalue weighted by atomic mass is 35.5. The second-order valence-electron chi connectivity index (χ2n) is 4.51. The molecule has 0 atom stereocenters. The fraction of sp³-hybridized carbons (Fsp3) is 0.167. The predicted octanol–water partition coefficient (Wildman–Crippen LogP) is 1.57. The SMILES string of the molecule is NS(=O)(=O)c1cc(C(=O)Nc2cc(F)c(=O)n(CCF)c2)sc1Cl. The van der Waals surface area contributed by atoms with Gasteiger partial charge in [0.2, 0.25) is 10.0 Å². The third-order valence-corrected chi connectivity index (χ3v) is 5.35. The van der Waals surface area contributed by atoms with Gasteiger partial charge >= 0.3 is 0 Å². The first-order chi connectivity index (χ1) is 11.1. The van der Waals surface area contributed by atoms with E-state index in [9.17, 15) is 26.8 Å². The van der Waals surface area contributed by atoms with Crippen LogP contribution in [-0.4, -0.2) is 25.6 Å². The number of sulfonamides is 1. The number of amides is 1. The molecule has 1 amide bonds. The van der Waals surface area contributed by atoms with E-state index in [1.54, 1.807) is 0 Å². The molecule has 0 fully saturated rings. The lowest BCUT2D eigenvalue weighted by atomic mass is 10.3. The van der Waals surface area contributed by atoms with Crippen LogP contribution in [0.25, 0.3) is 0 Å². The maximum Gasteiger partial charge on any atom is 0.286 e. The van der Waals surface area contributed by atoms with Crippen LogP contribution in [0.5, 0.6) is 0 Å². The van der Waals surface area contributed by atoms with Crippen molar-refractivity contribution in [2.45, 2.75) is 11.4 Å². The highest BCUT2D eigenvalue weighted by molar-refractivity contribution is 7.89. The van der Waals surface area contributed by atoms with Crippen LogP contribution in [-0.2, 0) is 16.6 Å². The molecule has 24 heavy (non-hydrogen) atoms. The first-order valence-electron chi connectivity index (χ1n) is 6.23. The summed E-state index contributed by atoms with van der Waals surface area (Å²) < 4.78 is 49.0. The minimum atomic E-state index is -4.09.